The molecule has 1 aliphatic rings. The second-order valence-corrected chi connectivity index (χ2v) is 5.42. The number of fused-ring (bicyclic) bond motifs is 1. The van der Waals surface area contributed by atoms with Crippen molar-refractivity contribution in [3.05, 3.63) is 23.3 Å². The van der Waals surface area contributed by atoms with Gasteiger partial charge in [0.25, 0.3) is 0 Å². The van der Waals surface area contributed by atoms with Crippen LogP contribution in [-0.4, -0.2) is 19.1 Å². The maximum atomic E-state index is 4.51. The van der Waals surface area contributed by atoms with Crippen molar-refractivity contribution in [2.45, 2.75) is 38.6 Å². The molecule has 0 aromatic carbocycles. The first kappa shape index (κ1) is 11.6. The Morgan fingerprint density at radius 2 is 2.44 bits per heavy atom. The van der Waals surface area contributed by atoms with Gasteiger partial charge in [-0.25, -0.2) is 4.98 Å². The third-order valence-electron chi connectivity index (χ3n) is 3.30. The molecule has 1 unspecified atom stereocenters. The Hall–Kier alpha value is -1.43. The molecule has 0 saturated heterocycles. The molecule has 18 heavy (non-hydrogen) atoms. The van der Waals surface area contributed by atoms with Gasteiger partial charge >= 0.3 is 0 Å². The molecule has 1 N–H and O–H groups in total. The van der Waals surface area contributed by atoms with Gasteiger partial charge in [0.05, 0.1) is 11.7 Å². The quantitative estimate of drug-likeness (QED) is 0.923. The summed E-state index contributed by atoms with van der Waals surface area (Å²) in [5.41, 5.74) is 2.54. The summed E-state index contributed by atoms with van der Waals surface area (Å²) in [7, 11) is 1.98. The van der Waals surface area contributed by atoms with Crippen LogP contribution in [0.15, 0.2) is 6.20 Å². The number of aromatic nitrogens is 4. The average Bonchev–Trinajstić information content (AvgIpc) is 2.95. The van der Waals surface area contributed by atoms with Crippen molar-refractivity contribution in [2.75, 3.05) is 5.32 Å². The Labute approximate surface area is 110 Å². The van der Waals surface area contributed by atoms with Crippen LogP contribution in [0.5, 0.6) is 0 Å². The zero-order valence-electron chi connectivity index (χ0n) is 10.7. The molecule has 2 aromatic heterocycles. The Morgan fingerprint density at radius 1 is 1.56 bits per heavy atom. The smallest absolute Gasteiger partial charge is 0.203 e. The van der Waals surface area contributed by atoms with Crippen molar-refractivity contribution < 1.29 is 0 Å². The fourth-order valence-corrected chi connectivity index (χ4v) is 3.13. The van der Waals surface area contributed by atoms with E-state index in [4.69, 9.17) is 0 Å². The molecule has 0 aliphatic heterocycles. The average molecular weight is 263 g/mol. The molecule has 1 atom stereocenters. The number of hydrogen-bond donors (Lipinski definition) is 1. The van der Waals surface area contributed by atoms with Crippen LogP contribution in [0.2, 0.25) is 0 Å². The summed E-state index contributed by atoms with van der Waals surface area (Å²) in [4.78, 5) is 4.47. The van der Waals surface area contributed by atoms with Gasteiger partial charge in [-0.1, -0.05) is 6.92 Å². The van der Waals surface area contributed by atoms with Crippen molar-refractivity contribution >= 4 is 16.7 Å². The molecule has 5 nitrogen and oxygen atoms in total. The van der Waals surface area contributed by atoms with Gasteiger partial charge in [0.2, 0.25) is 5.13 Å². The highest BCUT2D eigenvalue weighted by Crippen LogP contribution is 2.32. The van der Waals surface area contributed by atoms with Crippen molar-refractivity contribution in [2.24, 2.45) is 7.05 Å². The van der Waals surface area contributed by atoms with Crippen LogP contribution in [0, 0.1) is 0 Å². The van der Waals surface area contributed by atoms with E-state index in [-0.39, 0.29) is 0 Å². The summed E-state index contributed by atoms with van der Waals surface area (Å²) in [6, 6.07) is 0.333. The van der Waals surface area contributed by atoms with E-state index in [9.17, 15) is 0 Å². The van der Waals surface area contributed by atoms with Gasteiger partial charge in [-0.3, -0.25) is 4.68 Å². The van der Waals surface area contributed by atoms with Crippen molar-refractivity contribution in [1.82, 2.24) is 19.1 Å². The number of nitrogens with one attached hydrogen (secondary N) is 1. The zero-order valence-corrected chi connectivity index (χ0v) is 11.5. The van der Waals surface area contributed by atoms with Gasteiger partial charge in [-0.15, -0.1) is 0 Å². The zero-order chi connectivity index (χ0) is 12.5. The van der Waals surface area contributed by atoms with Crippen LogP contribution in [0.3, 0.4) is 0 Å². The van der Waals surface area contributed by atoms with Gasteiger partial charge in [0, 0.05) is 36.8 Å². The standard InChI is InChI=1S/C12H17N5S/c1-3-11-14-12(18-16-11)13-9-5-4-6-10-8(9)7-17(2)15-10/h7,9H,3-6H2,1-2H3,(H,13,14,16). The lowest BCUT2D eigenvalue weighted by molar-refractivity contribution is 0.592. The molecule has 0 amide bonds. The van der Waals surface area contributed by atoms with Crippen LogP contribution >= 0.6 is 11.5 Å². The first-order valence-corrected chi connectivity index (χ1v) is 7.15. The van der Waals surface area contributed by atoms with Crippen LogP contribution in [0.1, 0.15) is 42.9 Å². The molecule has 2 heterocycles. The number of hydrogen-bond acceptors (Lipinski definition) is 5. The Bertz CT molecular complexity index is 544. The maximum Gasteiger partial charge on any atom is 0.203 e. The Kier molecular flexibility index (Phi) is 3.03. The molecule has 96 valence electrons. The van der Waals surface area contributed by atoms with Gasteiger partial charge in [-0.2, -0.15) is 9.47 Å². The van der Waals surface area contributed by atoms with E-state index in [1.54, 1.807) is 0 Å². The number of anilines is 1. The molecule has 0 fully saturated rings. The minimum atomic E-state index is 0.333. The van der Waals surface area contributed by atoms with Crippen LogP contribution < -0.4 is 5.32 Å². The van der Waals surface area contributed by atoms with E-state index >= 15 is 0 Å². The van der Waals surface area contributed by atoms with E-state index in [1.165, 1.54) is 29.2 Å². The predicted molar refractivity (Wildman–Crippen MR) is 71.8 cm³/mol. The summed E-state index contributed by atoms with van der Waals surface area (Å²) in [6.45, 7) is 2.08. The molecule has 0 radical (unpaired) electrons. The lowest BCUT2D eigenvalue weighted by atomic mass is 9.93. The van der Waals surface area contributed by atoms with Crippen molar-refractivity contribution in [3.63, 3.8) is 0 Å². The van der Waals surface area contributed by atoms with Gasteiger partial charge < -0.3 is 5.32 Å². The van der Waals surface area contributed by atoms with E-state index in [0.29, 0.717) is 6.04 Å². The normalized spacial score (nSPS) is 18.7. The van der Waals surface area contributed by atoms with Crippen LogP contribution in [0.25, 0.3) is 0 Å². The van der Waals surface area contributed by atoms with Crippen LogP contribution in [-0.2, 0) is 19.9 Å². The third-order valence-corrected chi connectivity index (χ3v) is 3.99. The lowest BCUT2D eigenvalue weighted by Crippen LogP contribution is -2.16. The highest BCUT2D eigenvalue weighted by atomic mass is 32.1. The summed E-state index contributed by atoms with van der Waals surface area (Å²) < 4.78 is 6.21. The largest absolute Gasteiger partial charge is 0.353 e. The third kappa shape index (κ3) is 2.12. The van der Waals surface area contributed by atoms with Gasteiger partial charge in [0.15, 0.2) is 0 Å². The van der Waals surface area contributed by atoms with Gasteiger partial charge in [0.1, 0.15) is 5.82 Å². The first-order valence-electron chi connectivity index (χ1n) is 6.38. The minimum Gasteiger partial charge on any atom is -0.353 e. The van der Waals surface area contributed by atoms with Gasteiger partial charge in [-0.05, 0) is 19.3 Å². The maximum absolute atomic E-state index is 4.51. The fourth-order valence-electron chi connectivity index (χ4n) is 2.42. The summed E-state index contributed by atoms with van der Waals surface area (Å²) in [5.74, 6) is 0.921. The fraction of sp³-hybridized carbons (Fsp3) is 0.583. The minimum absolute atomic E-state index is 0.333. The van der Waals surface area contributed by atoms with Crippen LogP contribution in [0.4, 0.5) is 5.13 Å². The predicted octanol–water partition coefficient (Wildman–Crippen LogP) is 2.32. The second-order valence-electron chi connectivity index (χ2n) is 4.66. The summed E-state index contributed by atoms with van der Waals surface area (Å²) in [6.07, 6.45) is 6.42. The number of rotatable bonds is 3. The molecule has 0 saturated carbocycles. The van der Waals surface area contributed by atoms with E-state index in [0.717, 1.165) is 30.2 Å². The molecule has 1 aliphatic carbocycles. The highest BCUT2D eigenvalue weighted by Gasteiger charge is 2.23. The Morgan fingerprint density at radius 3 is 3.22 bits per heavy atom. The molecule has 6 heteroatoms. The molecule has 0 bridgehead atoms. The molecule has 2 aromatic rings. The Balaban J connectivity index is 1.81. The topological polar surface area (TPSA) is 55.6 Å². The molecule has 3 rings (SSSR count). The molecular weight excluding hydrogens is 246 g/mol. The number of aryl methyl sites for hydroxylation is 3. The number of nitrogens with zero attached hydrogens (tertiary/aromatic N) is 4. The first-order chi connectivity index (χ1) is 8.76. The molecular formula is C12H17N5S. The van der Waals surface area contributed by atoms with Crippen molar-refractivity contribution in [3.8, 4) is 0 Å². The lowest BCUT2D eigenvalue weighted by Gasteiger charge is -2.21. The SMILES string of the molecule is CCc1nsc(NC2CCCc3nn(C)cc32)n1. The van der Waals surface area contributed by atoms with E-state index in [1.807, 2.05) is 11.7 Å². The van der Waals surface area contributed by atoms with E-state index in [2.05, 4.69) is 32.9 Å². The second kappa shape index (κ2) is 4.68. The van der Waals surface area contributed by atoms with E-state index < -0.39 is 0 Å². The molecule has 0 spiro atoms. The highest BCUT2D eigenvalue weighted by molar-refractivity contribution is 7.09. The summed E-state index contributed by atoms with van der Waals surface area (Å²) >= 11 is 1.45. The van der Waals surface area contributed by atoms with Crippen molar-refractivity contribution in [1.29, 1.82) is 0 Å². The monoisotopic (exact) mass is 263 g/mol. The summed E-state index contributed by atoms with van der Waals surface area (Å²) in [5, 5.41) is 8.93.